The van der Waals surface area contributed by atoms with Gasteiger partial charge in [-0.3, -0.25) is 4.90 Å². The molecule has 0 radical (unpaired) electrons. The van der Waals surface area contributed by atoms with Crippen LogP contribution in [0.3, 0.4) is 0 Å². The Balaban J connectivity index is 1.83. The van der Waals surface area contributed by atoms with Crippen molar-refractivity contribution in [2.24, 2.45) is 11.7 Å². The molecule has 1 heterocycles. The molecule has 0 bridgehead atoms. The molecule has 1 aliphatic rings. The number of rotatable bonds is 7. The summed E-state index contributed by atoms with van der Waals surface area (Å²) in [5.74, 6) is 0.932. The zero-order valence-corrected chi connectivity index (χ0v) is 10.8. The van der Waals surface area contributed by atoms with Crippen LogP contribution in [0.15, 0.2) is 12.5 Å². The van der Waals surface area contributed by atoms with E-state index >= 15 is 0 Å². The molecule has 17 heavy (non-hydrogen) atoms. The van der Waals surface area contributed by atoms with Crippen LogP contribution in [0.1, 0.15) is 31.9 Å². The first kappa shape index (κ1) is 12.6. The van der Waals surface area contributed by atoms with Gasteiger partial charge in [-0.15, -0.1) is 0 Å². The van der Waals surface area contributed by atoms with Gasteiger partial charge in [-0.2, -0.15) is 0 Å². The van der Waals surface area contributed by atoms with Gasteiger partial charge in [0.05, 0.1) is 12.0 Å². The molecule has 0 aromatic carbocycles. The lowest BCUT2D eigenvalue weighted by atomic mass is 9.85. The number of nitrogens with zero attached hydrogens (tertiary/aromatic N) is 3. The average Bonchev–Trinajstić information content (AvgIpc) is 2.70. The predicted molar refractivity (Wildman–Crippen MR) is 69.6 cm³/mol. The fraction of sp³-hybridized carbons (Fsp3) is 0.769. The van der Waals surface area contributed by atoms with E-state index in [1.807, 2.05) is 6.33 Å². The van der Waals surface area contributed by atoms with E-state index in [1.54, 1.807) is 0 Å². The number of aromatic nitrogens is 2. The predicted octanol–water partition coefficient (Wildman–Crippen LogP) is 1.46. The van der Waals surface area contributed by atoms with Gasteiger partial charge in [-0.25, -0.2) is 4.98 Å². The monoisotopic (exact) mass is 236 g/mol. The molecule has 2 N–H and O–H groups in total. The third kappa shape index (κ3) is 3.54. The van der Waals surface area contributed by atoms with Crippen LogP contribution in [0.4, 0.5) is 0 Å². The van der Waals surface area contributed by atoms with Crippen LogP contribution in [-0.4, -0.2) is 34.1 Å². The molecular weight excluding hydrogens is 212 g/mol. The Morgan fingerprint density at radius 2 is 2.35 bits per heavy atom. The maximum absolute atomic E-state index is 5.53. The molecule has 0 spiro atoms. The molecule has 1 fully saturated rings. The van der Waals surface area contributed by atoms with Crippen molar-refractivity contribution in [3.05, 3.63) is 18.2 Å². The Kier molecular flexibility index (Phi) is 4.57. The SMILES string of the molecule is CCN(Cc1cn(CCN)cn1)CC1CCC1. The van der Waals surface area contributed by atoms with Gasteiger partial charge >= 0.3 is 0 Å². The summed E-state index contributed by atoms with van der Waals surface area (Å²) in [4.78, 5) is 6.94. The summed E-state index contributed by atoms with van der Waals surface area (Å²) in [5, 5.41) is 0. The second kappa shape index (κ2) is 6.17. The van der Waals surface area contributed by atoms with E-state index in [0.29, 0.717) is 6.54 Å². The Bertz CT molecular complexity index is 330. The van der Waals surface area contributed by atoms with E-state index in [4.69, 9.17) is 5.73 Å². The van der Waals surface area contributed by atoms with E-state index < -0.39 is 0 Å². The Morgan fingerprint density at radius 1 is 1.53 bits per heavy atom. The number of imidazole rings is 1. The van der Waals surface area contributed by atoms with Gasteiger partial charge < -0.3 is 10.3 Å². The van der Waals surface area contributed by atoms with Crippen LogP contribution in [0.25, 0.3) is 0 Å². The highest BCUT2D eigenvalue weighted by Gasteiger charge is 2.20. The minimum absolute atomic E-state index is 0.676. The lowest BCUT2D eigenvalue weighted by Gasteiger charge is -2.31. The Hall–Kier alpha value is -0.870. The maximum atomic E-state index is 5.53. The summed E-state index contributed by atoms with van der Waals surface area (Å²) in [7, 11) is 0. The average molecular weight is 236 g/mol. The molecule has 1 aromatic heterocycles. The van der Waals surface area contributed by atoms with Gasteiger partial charge in [0.1, 0.15) is 0 Å². The first-order valence-corrected chi connectivity index (χ1v) is 6.75. The molecule has 1 aromatic rings. The Labute approximate surface area is 104 Å². The summed E-state index contributed by atoms with van der Waals surface area (Å²) >= 11 is 0. The second-order valence-corrected chi connectivity index (χ2v) is 5.02. The maximum Gasteiger partial charge on any atom is 0.0950 e. The van der Waals surface area contributed by atoms with Crippen molar-refractivity contribution in [2.45, 2.75) is 39.3 Å². The van der Waals surface area contributed by atoms with E-state index in [1.165, 1.54) is 31.5 Å². The summed E-state index contributed by atoms with van der Waals surface area (Å²) < 4.78 is 2.08. The van der Waals surface area contributed by atoms with Crippen molar-refractivity contribution < 1.29 is 0 Å². The van der Waals surface area contributed by atoms with E-state index in [0.717, 1.165) is 25.6 Å². The van der Waals surface area contributed by atoms with Crippen molar-refractivity contribution >= 4 is 0 Å². The molecular formula is C13H24N4. The van der Waals surface area contributed by atoms with E-state index in [-0.39, 0.29) is 0 Å². The number of nitrogens with two attached hydrogens (primary N) is 1. The molecule has 4 heteroatoms. The highest BCUT2D eigenvalue weighted by Crippen LogP contribution is 2.27. The third-order valence-corrected chi connectivity index (χ3v) is 3.65. The van der Waals surface area contributed by atoms with Crippen molar-refractivity contribution in [2.75, 3.05) is 19.6 Å². The van der Waals surface area contributed by atoms with Crippen molar-refractivity contribution in [3.8, 4) is 0 Å². The van der Waals surface area contributed by atoms with Gasteiger partial charge in [0.2, 0.25) is 0 Å². The first-order valence-electron chi connectivity index (χ1n) is 6.75. The van der Waals surface area contributed by atoms with Gasteiger partial charge in [0.25, 0.3) is 0 Å². The molecule has 4 nitrogen and oxygen atoms in total. The zero-order valence-electron chi connectivity index (χ0n) is 10.8. The van der Waals surface area contributed by atoms with Crippen LogP contribution < -0.4 is 5.73 Å². The zero-order chi connectivity index (χ0) is 12.1. The highest BCUT2D eigenvalue weighted by molar-refractivity contribution is 4.97. The highest BCUT2D eigenvalue weighted by atomic mass is 15.1. The third-order valence-electron chi connectivity index (χ3n) is 3.65. The first-order chi connectivity index (χ1) is 8.31. The normalized spacial score (nSPS) is 16.4. The lowest BCUT2D eigenvalue weighted by Crippen LogP contribution is -2.32. The van der Waals surface area contributed by atoms with Crippen LogP contribution in [0, 0.1) is 5.92 Å². The van der Waals surface area contributed by atoms with Crippen molar-refractivity contribution in [1.29, 1.82) is 0 Å². The molecule has 1 aliphatic carbocycles. The standard InChI is InChI=1S/C13H24N4/c1-2-16(8-12-4-3-5-12)9-13-10-17(7-6-14)11-15-13/h10-12H,2-9,14H2,1H3. The fourth-order valence-corrected chi connectivity index (χ4v) is 2.33. The van der Waals surface area contributed by atoms with Crippen LogP contribution in [0.2, 0.25) is 0 Å². The van der Waals surface area contributed by atoms with Crippen LogP contribution in [-0.2, 0) is 13.1 Å². The summed E-state index contributed by atoms with van der Waals surface area (Å²) in [5.41, 5.74) is 6.70. The molecule has 0 aliphatic heterocycles. The Morgan fingerprint density at radius 3 is 2.94 bits per heavy atom. The number of hydrogen-bond donors (Lipinski definition) is 1. The largest absolute Gasteiger partial charge is 0.336 e. The molecule has 0 saturated heterocycles. The van der Waals surface area contributed by atoms with Crippen LogP contribution in [0.5, 0.6) is 0 Å². The molecule has 0 atom stereocenters. The van der Waals surface area contributed by atoms with Gasteiger partial charge in [0.15, 0.2) is 0 Å². The minimum atomic E-state index is 0.676. The lowest BCUT2D eigenvalue weighted by molar-refractivity contribution is 0.177. The van der Waals surface area contributed by atoms with Crippen molar-refractivity contribution in [1.82, 2.24) is 14.5 Å². The summed E-state index contributed by atoms with van der Waals surface area (Å²) in [6.45, 7) is 7.09. The van der Waals surface area contributed by atoms with Crippen molar-refractivity contribution in [3.63, 3.8) is 0 Å². The van der Waals surface area contributed by atoms with E-state index in [2.05, 4.69) is 27.6 Å². The summed E-state index contributed by atoms with van der Waals surface area (Å²) in [6.07, 6.45) is 8.26. The minimum Gasteiger partial charge on any atom is -0.336 e. The van der Waals surface area contributed by atoms with Crippen LogP contribution >= 0.6 is 0 Å². The summed E-state index contributed by atoms with van der Waals surface area (Å²) in [6, 6.07) is 0. The smallest absolute Gasteiger partial charge is 0.0950 e. The fourth-order valence-electron chi connectivity index (χ4n) is 2.33. The van der Waals surface area contributed by atoms with Gasteiger partial charge in [0, 0.05) is 32.4 Å². The van der Waals surface area contributed by atoms with Gasteiger partial charge in [-0.05, 0) is 25.3 Å². The number of hydrogen-bond acceptors (Lipinski definition) is 3. The van der Waals surface area contributed by atoms with Gasteiger partial charge in [-0.1, -0.05) is 13.3 Å². The molecule has 0 amide bonds. The molecule has 96 valence electrons. The van der Waals surface area contributed by atoms with E-state index in [9.17, 15) is 0 Å². The molecule has 0 unspecified atom stereocenters. The molecule has 1 saturated carbocycles. The quantitative estimate of drug-likeness (QED) is 0.779. The molecule has 2 rings (SSSR count). The topological polar surface area (TPSA) is 47.1 Å². The second-order valence-electron chi connectivity index (χ2n) is 5.02.